The van der Waals surface area contributed by atoms with Gasteiger partial charge < -0.3 is 14.7 Å². The van der Waals surface area contributed by atoms with Crippen LogP contribution in [0.1, 0.15) is 36.5 Å². The molecule has 0 saturated carbocycles. The summed E-state index contributed by atoms with van der Waals surface area (Å²) in [5.74, 6) is -0.463. The first kappa shape index (κ1) is 15.6. The average Bonchev–Trinajstić information content (AvgIpc) is 2.90. The minimum atomic E-state index is -0.929. The van der Waals surface area contributed by atoms with Gasteiger partial charge in [0.25, 0.3) is 0 Å². The number of nitrogens with zero attached hydrogens (tertiary/aromatic N) is 1. The van der Waals surface area contributed by atoms with Gasteiger partial charge in [-0.05, 0) is 37.5 Å². The molecule has 1 aromatic carbocycles. The van der Waals surface area contributed by atoms with Crippen LogP contribution >= 0.6 is 12.4 Å². The van der Waals surface area contributed by atoms with E-state index in [4.69, 9.17) is 4.74 Å². The monoisotopic (exact) mass is 285 g/mol. The van der Waals surface area contributed by atoms with Gasteiger partial charge in [0.1, 0.15) is 11.3 Å². The van der Waals surface area contributed by atoms with Crippen LogP contribution in [0.2, 0.25) is 0 Å². The van der Waals surface area contributed by atoms with Gasteiger partial charge in [-0.3, -0.25) is 0 Å². The third-order valence-electron chi connectivity index (χ3n) is 3.13. The lowest BCUT2D eigenvalue weighted by Crippen LogP contribution is -2.18. The molecule has 0 aromatic heterocycles. The Bertz CT molecular complexity index is 431. The van der Waals surface area contributed by atoms with Crippen molar-refractivity contribution in [3.63, 3.8) is 0 Å². The average molecular weight is 286 g/mol. The van der Waals surface area contributed by atoms with Crippen molar-refractivity contribution in [2.75, 3.05) is 24.6 Å². The van der Waals surface area contributed by atoms with Crippen molar-refractivity contribution in [3.05, 3.63) is 23.8 Å². The molecule has 4 nitrogen and oxygen atoms in total. The number of rotatable bonds is 5. The minimum absolute atomic E-state index is 0. The standard InChI is InChI=1S/C14H19NO3.ClH/c1-2-9-18-13-6-5-11(10-12(13)14(16)17)15-7-3-4-8-15;/h5-6,10H,2-4,7-9H2,1H3,(H,16,17);1H. The predicted octanol–water partition coefficient (Wildman–Crippen LogP) is 3.20. The van der Waals surface area contributed by atoms with E-state index in [0.717, 1.165) is 25.2 Å². The van der Waals surface area contributed by atoms with Crippen LogP contribution in [0.5, 0.6) is 5.75 Å². The van der Waals surface area contributed by atoms with Crippen molar-refractivity contribution in [2.45, 2.75) is 26.2 Å². The third kappa shape index (κ3) is 3.77. The Labute approximate surface area is 119 Å². The second-order valence-electron chi connectivity index (χ2n) is 4.53. The molecule has 5 heteroatoms. The summed E-state index contributed by atoms with van der Waals surface area (Å²) in [7, 11) is 0. The maximum atomic E-state index is 11.3. The van der Waals surface area contributed by atoms with Gasteiger partial charge in [0.15, 0.2) is 0 Å². The lowest BCUT2D eigenvalue weighted by molar-refractivity contribution is 0.0692. The summed E-state index contributed by atoms with van der Waals surface area (Å²) >= 11 is 0. The Hall–Kier alpha value is -1.42. The maximum absolute atomic E-state index is 11.3. The van der Waals surface area contributed by atoms with E-state index in [1.807, 2.05) is 13.0 Å². The van der Waals surface area contributed by atoms with Gasteiger partial charge in [0.2, 0.25) is 0 Å². The molecular weight excluding hydrogens is 266 g/mol. The van der Waals surface area contributed by atoms with E-state index >= 15 is 0 Å². The van der Waals surface area contributed by atoms with Gasteiger partial charge in [0.05, 0.1) is 6.61 Å². The summed E-state index contributed by atoms with van der Waals surface area (Å²) in [5, 5.41) is 9.23. The Balaban J connectivity index is 0.00000180. The molecule has 1 aromatic rings. The van der Waals surface area contributed by atoms with Crippen LogP contribution in [0.25, 0.3) is 0 Å². The second-order valence-corrected chi connectivity index (χ2v) is 4.53. The number of aromatic carboxylic acids is 1. The predicted molar refractivity (Wildman–Crippen MR) is 77.9 cm³/mol. The topological polar surface area (TPSA) is 49.8 Å². The molecule has 1 fully saturated rings. The molecule has 1 heterocycles. The maximum Gasteiger partial charge on any atom is 0.339 e. The Morgan fingerprint density at radius 3 is 2.63 bits per heavy atom. The summed E-state index contributed by atoms with van der Waals surface area (Å²) in [6, 6.07) is 5.44. The van der Waals surface area contributed by atoms with Crippen LogP contribution in [-0.2, 0) is 0 Å². The largest absolute Gasteiger partial charge is 0.493 e. The molecule has 0 amide bonds. The quantitative estimate of drug-likeness (QED) is 0.903. The lowest BCUT2D eigenvalue weighted by atomic mass is 10.1. The van der Waals surface area contributed by atoms with Gasteiger partial charge in [-0.2, -0.15) is 0 Å². The first-order chi connectivity index (χ1) is 8.72. The van der Waals surface area contributed by atoms with Crippen LogP contribution in [0.3, 0.4) is 0 Å². The molecule has 2 rings (SSSR count). The fourth-order valence-corrected chi connectivity index (χ4v) is 2.20. The first-order valence-electron chi connectivity index (χ1n) is 6.47. The second kappa shape index (κ2) is 7.24. The number of benzene rings is 1. The van der Waals surface area contributed by atoms with Crippen LogP contribution in [0.15, 0.2) is 18.2 Å². The van der Waals surface area contributed by atoms with Gasteiger partial charge in [-0.25, -0.2) is 4.79 Å². The van der Waals surface area contributed by atoms with Gasteiger partial charge in [0, 0.05) is 18.8 Å². The molecule has 106 valence electrons. The number of ether oxygens (including phenoxy) is 1. The molecule has 1 saturated heterocycles. The van der Waals surface area contributed by atoms with Crippen LogP contribution in [0.4, 0.5) is 5.69 Å². The zero-order valence-electron chi connectivity index (χ0n) is 11.1. The zero-order valence-corrected chi connectivity index (χ0v) is 11.9. The highest BCUT2D eigenvalue weighted by molar-refractivity contribution is 5.92. The van der Waals surface area contributed by atoms with Gasteiger partial charge in [-0.1, -0.05) is 6.92 Å². The molecule has 19 heavy (non-hydrogen) atoms. The van der Waals surface area contributed by atoms with Crippen molar-refractivity contribution < 1.29 is 14.6 Å². The molecule has 1 aliphatic heterocycles. The van der Waals surface area contributed by atoms with E-state index < -0.39 is 5.97 Å². The first-order valence-corrected chi connectivity index (χ1v) is 6.47. The van der Waals surface area contributed by atoms with Crippen molar-refractivity contribution in [1.82, 2.24) is 0 Å². The third-order valence-corrected chi connectivity index (χ3v) is 3.13. The molecule has 0 spiro atoms. The molecule has 0 atom stereocenters. The minimum Gasteiger partial charge on any atom is -0.493 e. The molecule has 0 unspecified atom stereocenters. The van der Waals surface area contributed by atoms with Gasteiger partial charge >= 0.3 is 5.97 Å². The molecule has 0 aliphatic carbocycles. The Morgan fingerprint density at radius 1 is 1.37 bits per heavy atom. The highest BCUT2D eigenvalue weighted by atomic mass is 35.5. The fourth-order valence-electron chi connectivity index (χ4n) is 2.20. The van der Waals surface area contributed by atoms with E-state index in [0.29, 0.717) is 12.4 Å². The fraction of sp³-hybridized carbons (Fsp3) is 0.500. The van der Waals surface area contributed by atoms with E-state index in [1.165, 1.54) is 12.8 Å². The molecular formula is C14H20ClNO3. The van der Waals surface area contributed by atoms with Crippen LogP contribution in [-0.4, -0.2) is 30.8 Å². The number of halogens is 1. The smallest absolute Gasteiger partial charge is 0.339 e. The van der Waals surface area contributed by atoms with E-state index in [2.05, 4.69) is 4.90 Å². The SMILES string of the molecule is CCCOc1ccc(N2CCCC2)cc1C(=O)O.Cl. The van der Waals surface area contributed by atoms with Crippen molar-refractivity contribution in [2.24, 2.45) is 0 Å². The summed E-state index contributed by atoms with van der Waals surface area (Å²) in [6.45, 7) is 4.56. The summed E-state index contributed by atoms with van der Waals surface area (Å²) in [4.78, 5) is 13.5. The van der Waals surface area contributed by atoms with E-state index in [1.54, 1.807) is 12.1 Å². The summed E-state index contributed by atoms with van der Waals surface area (Å²) in [6.07, 6.45) is 3.22. The molecule has 1 aliphatic rings. The molecule has 0 bridgehead atoms. The van der Waals surface area contributed by atoms with Crippen LogP contribution < -0.4 is 9.64 Å². The Morgan fingerprint density at radius 2 is 2.05 bits per heavy atom. The van der Waals surface area contributed by atoms with E-state index in [9.17, 15) is 9.90 Å². The molecule has 0 radical (unpaired) electrons. The number of carboxylic acids is 1. The highest BCUT2D eigenvalue weighted by Crippen LogP contribution is 2.27. The summed E-state index contributed by atoms with van der Waals surface area (Å²) < 4.78 is 5.47. The van der Waals surface area contributed by atoms with Gasteiger partial charge in [-0.15, -0.1) is 12.4 Å². The normalized spacial score (nSPS) is 14.1. The summed E-state index contributed by atoms with van der Waals surface area (Å²) in [5.41, 5.74) is 1.24. The van der Waals surface area contributed by atoms with Crippen molar-refractivity contribution >= 4 is 24.1 Å². The van der Waals surface area contributed by atoms with Crippen molar-refractivity contribution in [1.29, 1.82) is 0 Å². The number of hydrogen-bond acceptors (Lipinski definition) is 3. The molecule has 1 N–H and O–H groups in total. The number of carbonyl (C=O) groups is 1. The van der Waals surface area contributed by atoms with E-state index in [-0.39, 0.29) is 18.0 Å². The Kier molecular flexibility index (Phi) is 5.96. The number of carboxylic acid groups (broad SMARTS) is 1. The number of anilines is 1. The highest BCUT2D eigenvalue weighted by Gasteiger charge is 2.17. The lowest BCUT2D eigenvalue weighted by Gasteiger charge is -2.19. The van der Waals surface area contributed by atoms with Crippen molar-refractivity contribution in [3.8, 4) is 5.75 Å². The zero-order chi connectivity index (χ0) is 13.0. The van der Waals surface area contributed by atoms with Crippen LogP contribution in [0, 0.1) is 0 Å². The number of hydrogen-bond donors (Lipinski definition) is 1.